The highest BCUT2D eigenvalue weighted by Crippen LogP contribution is 2.36. The summed E-state index contributed by atoms with van der Waals surface area (Å²) in [7, 11) is 4.54. The van der Waals surface area contributed by atoms with Crippen molar-refractivity contribution >= 4 is 17.1 Å². The maximum absolute atomic E-state index is 11.5. The van der Waals surface area contributed by atoms with Gasteiger partial charge in [0.1, 0.15) is 0 Å². The molecule has 2 aromatic carbocycles. The lowest BCUT2D eigenvalue weighted by Crippen LogP contribution is -2.09. The SMILES string of the molecule is C=C(C)C(=O)OCCCOc1cc(/C(C#CC#N)=C(\C#CC#N)c2ccc(OC)c(OC)c2)ccc1OC. The van der Waals surface area contributed by atoms with Crippen LogP contribution in [0.4, 0.5) is 0 Å². The van der Waals surface area contributed by atoms with Gasteiger partial charge in [0.25, 0.3) is 0 Å². The number of allylic oxidation sites excluding steroid dienone is 2. The lowest BCUT2D eigenvalue weighted by molar-refractivity contribution is -0.139. The fourth-order valence-corrected chi connectivity index (χ4v) is 3.20. The van der Waals surface area contributed by atoms with Crippen LogP contribution in [-0.2, 0) is 9.53 Å². The largest absolute Gasteiger partial charge is 0.493 e. The number of methoxy groups -OCH3 is 3. The Morgan fingerprint density at radius 1 is 0.789 bits per heavy atom. The number of carbonyl (C=O) groups excluding carboxylic acids is 1. The van der Waals surface area contributed by atoms with E-state index in [2.05, 4.69) is 30.3 Å². The van der Waals surface area contributed by atoms with Crippen LogP contribution in [0.1, 0.15) is 24.5 Å². The van der Waals surface area contributed by atoms with Crippen LogP contribution in [0.2, 0.25) is 0 Å². The Balaban J connectivity index is 2.56. The second kappa shape index (κ2) is 14.9. The summed E-state index contributed by atoms with van der Waals surface area (Å²) in [5, 5.41) is 18.3. The molecule has 0 atom stereocenters. The number of rotatable bonds is 11. The molecule has 0 aliphatic rings. The molecule has 0 bridgehead atoms. The van der Waals surface area contributed by atoms with E-state index in [1.165, 1.54) is 21.3 Å². The number of ether oxygens (including phenoxy) is 5. The van der Waals surface area contributed by atoms with Crippen LogP contribution in [0.3, 0.4) is 0 Å². The summed E-state index contributed by atoms with van der Waals surface area (Å²) in [4.78, 5) is 11.5. The first-order valence-electron chi connectivity index (χ1n) is 11.3. The standard InChI is InChI=1S/C30H26N2O6/c1-21(2)30(33)38-18-8-17-37-29-20-23(12-14-27(29)35-4)25(10-7-16-32)24(9-6-15-31)22-11-13-26(34-3)28(19-22)36-5/h11-14,19-20H,1,8,17-18H2,2-5H3/b25-24+. The average Bonchev–Trinajstić information content (AvgIpc) is 2.93. The zero-order valence-corrected chi connectivity index (χ0v) is 21.6. The van der Waals surface area contributed by atoms with E-state index < -0.39 is 5.97 Å². The number of hydrogen-bond acceptors (Lipinski definition) is 8. The molecule has 0 fully saturated rings. The minimum Gasteiger partial charge on any atom is -0.493 e. The summed E-state index contributed by atoms with van der Waals surface area (Å²) in [6.45, 7) is 5.53. The van der Waals surface area contributed by atoms with Crippen LogP contribution < -0.4 is 18.9 Å². The zero-order valence-electron chi connectivity index (χ0n) is 21.6. The molecule has 0 unspecified atom stereocenters. The molecule has 0 N–H and O–H groups in total. The molecule has 2 rings (SSSR count). The molecule has 0 saturated heterocycles. The van der Waals surface area contributed by atoms with Crippen molar-refractivity contribution in [3.05, 3.63) is 59.7 Å². The molecule has 2 aromatic rings. The van der Waals surface area contributed by atoms with Gasteiger partial charge in [-0.2, -0.15) is 10.5 Å². The third-order valence-electron chi connectivity index (χ3n) is 4.99. The van der Waals surface area contributed by atoms with Gasteiger partial charge >= 0.3 is 5.97 Å². The maximum Gasteiger partial charge on any atom is 0.333 e. The lowest BCUT2D eigenvalue weighted by atomic mass is 9.94. The third-order valence-corrected chi connectivity index (χ3v) is 4.99. The van der Waals surface area contributed by atoms with Crippen molar-refractivity contribution in [1.82, 2.24) is 0 Å². The highest BCUT2D eigenvalue weighted by Gasteiger charge is 2.15. The molecule has 0 aliphatic carbocycles. The predicted molar refractivity (Wildman–Crippen MR) is 142 cm³/mol. The number of nitriles is 2. The summed E-state index contributed by atoms with van der Waals surface area (Å²) >= 11 is 0. The van der Waals surface area contributed by atoms with Gasteiger partial charge in [-0.05, 0) is 66.3 Å². The van der Waals surface area contributed by atoms with Gasteiger partial charge in [-0.1, -0.05) is 6.58 Å². The highest BCUT2D eigenvalue weighted by molar-refractivity contribution is 6.05. The first-order valence-corrected chi connectivity index (χ1v) is 11.3. The van der Waals surface area contributed by atoms with E-state index >= 15 is 0 Å². The van der Waals surface area contributed by atoms with Crippen LogP contribution in [-0.4, -0.2) is 40.5 Å². The van der Waals surface area contributed by atoms with Crippen LogP contribution in [0.15, 0.2) is 48.6 Å². The molecule has 38 heavy (non-hydrogen) atoms. The van der Waals surface area contributed by atoms with Crippen molar-refractivity contribution in [2.45, 2.75) is 13.3 Å². The second-order valence-electron chi connectivity index (χ2n) is 7.53. The first kappa shape index (κ1) is 28.9. The highest BCUT2D eigenvalue weighted by atomic mass is 16.5. The molecule has 0 spiro atoms. The van der Waals surface area contributed by atoms with E-state index in [0.717, 1.165) is 0 Å². The topological polar surface area (TPSA) is 111 Å². The normalized spacial score (nSPS) is 10.1. The van der Waals surface area contributed by atoms with Gasteiger partial charge in [-0.3, -0.25) is 0 Å². The van der Waals surface area contributed by atoms with Gasteiger partial charge in [-0.25, -0.2) is 4.79 Å². The van der Waals surface area contributed by atoms with Gasteiger partial charge < -0.3 is 23.7 Å². The molecular weight excluding hydrogens is 484 g/mol. The Labute approximate surface area is 222 Å². The van der Waals surface area contributed by atoms with Crippen LogP contribution in [0.5, 0.6) is 23.0 Å². The smallest absolute Gasteiger partial charge is 0.333 e. The van der Waals surface area contributed by atoms with Gasteiger partial charge in [0.2, 0.25) is 0 Å². The van der Waals surface area contributed by atoms with Crippen molar-refractivity contribution in [1.29, 1.82) is 10.5 Å². The first-order chi connectivity index (χ1) is 18.4. The molecule has 0 saturated carbocycles. The molecule has 0 heterocycles. The Morgan fingerprint density at radius 2 is 1.29 bits per heavy atom. The van der Waals surface area contributed by atoms with E-state index in [9.17, 15) is 4.79 Å². The van der Waals surface area contributed by atoms with Crippen molar-refractivity contribution < 1.29 is 28.5 Å². The van der Waals surface area contributed by atoms with Crippen molar-refractivity contribution in [2.75, 3.05) is 34.5 Å². The number of benzene rings is 2. The van der Waals surface area contributed by atoms with Crippen LogP contribution >= 0.6 is 0 Å². The van der Waals surface area contributed by atoms with Crippen molar-refractivity contribution in [3.63, 3.8) is 0 Å². The number of esters is 1. The average molecular weight is 511 g/mol. The van der Waals surface area contributed by atoms with Gasteiger partial charge in [0.05, 0.1) is 34.5 Å². The monoisotopic (exact) mass is 510 g/mol. The Morgan fingerprint density at radius 3 is 1.76 bits per heavy atom. The third kappa shape index (κ3) is 7.85. The van der Waals surface area contributed by atoms with E-state index in [0.29, 0.717) is 57.3 Å². The lowest BCUT2D eigenvalue weighted by Gasteiger charge is -2.14. The fraction of sp³-hybridized carbons (Fsp3) is 0.233. The van der Waals surface area contributed by atoms with E-state index in [-0.39, 0.29) is 13.2 Å². The molecule has 0 radical (unpaired) electrons. The van der Waals surface area contributed by atoms with Gasteiger partial charge in [0, 0.05) is 35.0 Å². The summed E-state index contributed by atoms with van der Waals surface area (Å²) in [5.74, 6) is 11.9. The molecule has 0 aliphatic heterocycles. The van der Waals surface area contributed by atoms with Crippen molar-refractivity contribution in [3.8, 4) is 58.8 Å². The second-order valence-corrected chi connectivity index (χ2v) is 7.53. The summed E-state index contributed by atoms with van der Waals surface area (Å²) in [5.41, 5.74) is 2.30. The van der Waals surface area contributed by atoms with Crippen molar-refractivity contribution in [2.24, 2.45) is 0 Å². The van der Waals surface area contributed by atoms with E-state index in [4.69, 9.17) is 34.2 Å². The quantitative estimate of drug-likeness (QED) is 0.142. The van der Waals surface area contributed by atoms with E-state index in [1.54, 1.807) is 43.3 Å². The minimum atomic E-state index is -0.461. The fourth-order valence-electron chi connectivity index (χ4n) is 3.20. The summed E-state index contributed by atoms with van der Waals surface area (Å²) in [6.07, 6.45) is 0.438. The zero-order chi connectivity index (χ0) is 27.9. The molecule has 0 amide bonds. The number of hydrogen-bond donors (Lipinski definition) is 0. The van der Waals surface area contributed by atoms with Crippen LogP contribution in [0.25, 0.3) is 11.1 Å². The number of carbonyl (C=O) groups is 1. The summed E-state index contributed by atoms with van der Waals surface area (Å²) < 4.78 is 27.2. The van der Waals surface area contributed by atoms with Gasteiger partial charge in [0.15, 0.2) is 35.1 Å². The predicted octanol–water partition coefficient (Wildman–Crippen LogP) is 4.57. The summed E-state index contributed by atoms with van der Waals surface area (Å²) in [6, 6.07) is 14.0. The molecular formula is C30H26N2O6. The minimum absolute atomic E-state index is 0.166. The van der Waals surface area contributed by atoms with Crippen LogP contribution in [0, 0.1) is 46.3 Å². The molecule has 0 aromatic heterocycles. The molecule has 8 nitrogen and oxygen atoms in total. The van der Waals surface area contributed by atoms with Gasteiger partial charge in [-0.15, -0.1) is 0 Å². The Kier molecular flexibility index (Phi) is 11.4. The molecule has 8 heteroatoms. The Hall–Kier alpha value is -5.31. The maximum atomic E-state index is 11.5. The van der Waals surface area contributed by atoms with E-state index in [1.807, 2.05) is 12.1 Å². The number of nitrogens with zero attached hydrogens (tertiary/aromatic N) is 2. The Bertz CT molecular complexity index is 1440. The molecule has 192 valence electrons.